The summed E-state index contributed by atoms with van der Waals surface area (Å²) in [5.74, 6) is -0.382. The lowest BCUT2D eigenvalue weighted by Crippen LogP contribution is -2.38. The van der Waals surface area contributed by atoms with Crippen LogP contribution in [0.1, 0.15) is 43.7 Å². The van der Waals surface area contributed by atoms with Gasteiger partial charge in [0.25, 0.3) is 0 Å². The van der Waals surface area contributed by atoms with E-state index in [2.05, 4.69) is 17.2 Å². The molecule has 2 N–H and O–H groups in total. The molecule has 3 fully saturated rings. The predicted octanol–water partition coefficient (Wildman–Crippen LogP) is 5.32. The topological polar surface area (TPSA) is 90.5 Å². The number of carbonyl (C=O) groups excluding carboxylic acids is 2. The maximum atomic E-state index is 13.2. The van der Waals surface area contributed by atoms with Crippen molar-refractivity contribution in [3.63, 3.8) is 0 Å². The molecule has 1 saturated carbocycles. The molecule has 3 aliphatic rings. The van der Waals surface area contributed by atoms with Crippen molar-refractivity contribution in [1.82, 2.24) is 9.78 Å². The van der Waals surface area contributed by atoms with Crippen LogP contribution in [-0.2, 0) is 14.3 Å². The molecule has 3 aromatic carbocycles. The van der Waals surface area contributed by atoms with Crippen LogP contribution in [0.2, 0.25) is 0 Å². The van der Waals surface area contributed by atoms with Crippen LogP contribution in [0.15, 0.2) is 79.0 Å². The Hall–Kier alpha value is -4.04. The fourth-order valence-electron chi connectivity index (χ4n) is 4.36. The Morgan fingerprint density at radius 3 is 2.21 bits per heavy atom. The molecule has 2 saturated heterocycles. The molecular weight excluding hydrogens is 483 g/mol. The van der Waals surface area contributed by atoms with Gasteiger partial charge in [0.05, 0.1) is 42.6 Å². The maximum Gasteiger partial charge on any atom is 0.227 e. The summed E-state index contributed by atoms with van der Waals surface area (Å²) in [6, 6.07) is 22.4. The van der Waals surface area contributed by atoms with E-state index >= 15 is 0 Å². The van der Waals surface area contributed by atoms with Gasteiger partial charge < -0.3 is 15.4 Å². The van der Waals surface area contributed by atoms with Crippen molar-refractivity contribution < 1.29 is 18.7 Å². The van der Waals surface area contributed by atoms with E-state index in [1.807, 2.05) is 41.3 Å². The van der Waals surface area contributed by atoms with Crippen molar-refractivity contribution in [1.29, 1.82) is 0 Å². The highest BCUT2D eigenvalue weighted by atomic mass is 19.1. The molecule has 7 nitrogen and oxygen atoms in total. The van der Waals surface area contributed by atoms with Crippen molar-refractivity contribution in [2.45, 2.75) is 38.1 Å². The number of carbonyl (C=O) groups is 2. The SMILES string of the molecule is C1CC1.NC(=O)C1COC1.O=C1CC[C@@H](c2ccccc2)N1c1ccc2c(cnn2-c2ccc(F)cc2)c1. The van der Waals surface area contributed by atoms with Crippen LogP contribution in [0, 0.1) is 11.7 Å². The van der Waals surface area contributed by atoms with Crippen LogP contribution < -0.4 is 10.6 Å². The first-order valence-electron chi connectivity index (χ1n) is 13.0. The average molecular weight is 515 g/mol. The summed E-state index contributed by atoms with van der Waals surface area (Å²) in [6.07, 6.45) is 7.64. The molecule has 1 aliphatic carbocycles. The highest BCUT2D eigenvalue weighted by molar-refractivity contribution is 5.98. The van der Waals surface area contributed by atoms with Gasteiger partial charge in [0.1, 0.15) is 5.82 Å². The van der Waals surface area contributed by atoms with Gasteiger partial charge >= 0.3 is 0 Å². The first-order valence-corrected chi connectivity index (χ1v) is 13.0. The van der Waals surface area contributed by atoms with E-state index in [1.54, 1.807) is 23.0 Å². The van der Waals surface area contributed by atoms with E-state index in [9.17, 15) is 14.0 Å². The molecule has 1 atom stereocenters. The molecule has 196 valence electrons. The summed E-state index contributed by atoms with van der Waals surface area (Å²) < 4.78 is 19.7. The Kier molecular flexibility index (Phi) is 7.79. The smallest absolute Gasteiger partial charge is 0.227 e. The fourth-order valence-corrected chi connectivity index (χ4v) is 4.36. The Balaban J connectivity index is 0.000000246. The number of hydrogen-bond acceptors (Lipinski definition) is 4. The number of aromatic nitrogens is 2. The zero-order valence-electron chi connectivity index (χ0n) is 21.1. The fraction of sp³-hybridized carbons (Fsp3) is 0.300. The van der Waals surface area contributed by atoms with Gasteiger partial charge in [0, 0.05) is 17.5 Å². The molecule has 2 amide bonds. The Bertz CT molecular complexity index is 1400. The number of halogens is 1. The number of rotatable bonds is 4. The van der Waals surface area contributed by atoms with Gasteiger partial charge in [0.2, 0.25) is 11.8 Å². The third kappa shape index (κ3) is 5.92. The molecule has 4 aromatic rings. The largest absolute Gasteiger partial charge is 0.380 e. The van der Waals surface area contributed by atoms with E-state index in [4.69, 9.17) is 10.5 Å². The van der Waals surface area contributed by atoms with Gasteiger partial charge in [0.15, 0.2) is 0 Å². The predicted molar refractivity (Wildman–Crippen MR) is 144 cm³/mol. The molecule has 0 unspecified atom stereocenters. The summed E-state index contributed by atoms with van der Waals surface area (Å²) in [5, 5.41) is 5.39. The van der Waals surface area contributed by atoms with E-state index in [0.717, 1.165) is 34.3 Å². The number of anilines is 1. The number of ether oxygens (including phenoxy) is 1. The number of amides is 2. The summed E-state index contributed by atoms with van der Waals surface area (Å²) >= 11 is 0. The van der Waals surface area contributed by atoms with E-state index in [0.29, 0.717) is 19.6 Å². The van der Waals surface area contributed by atoms with Crippen molar-refractivity contribution >= 4 is 28.4 Å². The van der Waals surface area contributed by atoms with E-state index < -0.39 is 0 Å². The summed E-state index contributed by atoms with van der Waals surface area (Å²) in [7, 11) is 0. The highest BCUT2D eigenvalue weighted by Crippen LogP contribution is 2.38. The zero-order chi connectivity index (χ0) is 26.5. The molecule has 2 aliphatic heterocycles. The Morgan fingerprint density at radius 2 is 1.63 bits per heavy atom. The molecule has 3 heterocycles. The van der Waals surface area contributed by atoms with Gasteiger partial charge in [-0.2, -0.15) is 5.10 Å². The van der Waals surface area contributed by atoms with Gasteiger partial charge in [-0.05, 0) is 54.4 Å². The monoisotopic (exact) mass is 514 g/mol. The van der Waals surface area contributed by atoms with Crippen molar-refractivity contribution in [3.05, 3.63) is 90.4 Å². The lowest BCUT2D eigenvalue weighted by atomic mass is 10.0. The van der Waals surface area contributed by atoms with Crippen LogP contribution in [-0.4, -0.2) is 34.8 Å². The second-order valence-corrected chi connectivity index (χ2v) is 9.70. The molecule has 1 aromatic heterocycles. The minimum Gasteiger partial charge on any atom is -0.380 e. The van der Waals surface area contributed by atoms with E-state index in [1.165, 1.54) is 31.4 Å². The van der Waals surface area contributed by atoms with Crippen molar-refractivity contribution in [2.24, 2.45) is 11.7 Å². The quantitative estimate of drug-likeness (QED) is 0.399. The maximum absolute atomic E-state index is 13.2. The summed E-state index contributed by atoms with van der Waals surface area (Å²) in [6.45, 7) is 1.05. The Morgan fingerprint density at radius 1 is 0.947 bits per heavy atom. The lowest BCUT2D eigenvalue weighted by molar-refractivity contribution is -0.135. The molecule has 0 spiro atoms. The second-order valence-electron chi connectivity index (χ2n) is 9.70. The molecule has 0 bridgehead atoms. The van der Waals surface area contributed by atoms with Gasteiger partial charge in [-0.1, -0.05) is 49.6 Å². The first-order chi connectivity index (χ1) is 18.5. The molecule has 7 rings (SSSR count). The minimum atomic E-state index is -0.276. The number of nitrogens with two attached hydrogens (primary N) is 1. The molecule has 8 heteroatoms. The van der Waals surface area contributed by atoms with Gasteiger partial charge in [-0.25, -0.2) is 9.07 Å². The van der Waals surface area contributed by atoms with Crippen LogP contribution in [0.4, 0.5) is 10.1 Å². The number of hydrogen-bond donors (Lipinski definition) is 1. The lowest BCUT2D eigenvalue weighted by Gasteiger charge is -2.25. The van der Waals surface area contributed by atoms with Crippen molar-refractivity contribution in [3.8, 4) is 5.69 Å². The first kappa shape index (κ1) is 25.6. The summed E-state index contributed by atoms with van der Waals surface area (Å²) in [5.41, 5.74) is 8.61. The van der Waals surface area contributed by atoms with Gasteiger partial charge in [-0.3, -0.25) is 9.59 Å². The number of nitrogens with zero attached hydrogens (tertiary/aromatic N) is 3. The Labute approximate surface area is 221 Å². The highest BCUT2D eigenvalue weighted by Gasteiger charge is 2.33. The number of benzene rings is 3. The van der Waals surface area contributed by atoms with Crippen molar-refractivity contribution in [2.75, 3.05) is 18.1 Å². The van der Waals surface area contributed by atoms with E-state index in [-0.39, 0.29) is 29.6 Å². The second kappa shape index (κ2) is 11.6. The van der Waals surface area contributed by atoms with Crippen LogP contribution in [0.25, 0.3) is 16.6 Å². The normalized spacial score (nSPS) is 18.2. The third-order valence-electron chi connectivity index (χ3n) is 6.69. The van der Waals surface area contributed by atoms with Gasteiger partial charge in [-0.15, -0.1) is 0 Å². The van der Waals surface area contributed by atoms with Crippen LogP contribution in [0.5, 0.6) is 0 Å². The number of primary amides is 1. The zero-order valence-corrected chi connectivity index (χ0v) is 21.1. The molecule has 38 heavy (non-hydrogen) atoms. The average Bonchev–Trinajstić information content (AvgIpc) is 3.64. The summed E-state index contributed by atoms with van der Waals surface area (Å²) in [4.78, 5) is 24.6. The third-order valence-corrected chi connectivity index (χ3v) is 6.69. The number of fused-ring (bicyclic) bond motifs is 1. The standard InChI is InChI=1S/C23H18FN3O.C4H7NO2.C3H6/c24-18-6-8-19(9-7-18)27-22-11-10-20(14-17(22)15-25-27)26-21(12-13-23(26)28)16-4-2-1-3-5-16;5-4(6)3-1-7-2-3;1-2-3-1/h1-11,14-15,21H,12-13H2;3H,1-2H2,(H2,5,6);1-3H2/t21-;;/m0../s1. The minimum absolute atomic E-state index is 0.000000000000000222. The molecule has 0 radical (unpaired) electrons. The van der Waals surface area contributed by atoms with Crippen LogP contribution in [0.3, 0.4) is 0 Å². The van der Waals surface area contributed by atoms with Crippen LogP contribution >= 0.6 is 0 Å². The molecular formula is C30H31FN4O3.